The number of anilines is 1. The molecule has 1 fully saturated rings. The molecule has 0 aliphatic carbocycles. The molecule has 8 heteroatoms. The van der Waals surface area contributed by atoms with Crippen LogP contribution >= 0.6 is 0 Å². The Labute approximate surface area is 177 Å². The number of sulfonamides is 1. The second kappa shape index (κ2) is 9.57. The highest BCUT2D eigenvalue weighted by atomic mass is 32.2. The fourth-order valence-corrected chi connectivity index (χ4v) is 4.93. The van der Waals surface area contributed by atoms with Gasteiger partial charge in [-0.15, -0.1) is 0 Å². The lowest BCUT2D eigenvalue weighted by atomic mass is 10.1. The van der Waals surface area contributed by atoms with Crippen LogP contribution in [0.1, 0.15) is 31.7 Å². The van der Waals surface area contributed by atoms with E-state index in [1.165, 1.54) is 55.0 Å². The molecule has 162 valence electrons. The molecule has 3 rings (SSSR count). The first kappa shape index (κ1) is 22.2. The van der Waals surface area contributed by atoms with Crippen LogP contribution < -0.4 is 9.62 Å². The number of piperidine rings is 1. The van der Waals surface area contributed by atoms with Crippen LogP contribution in [-0.2, 0) is 21.4 Å². The number of carbonyl (C=O) groups is 1. The maximum Gasteiger partial charge on any atom is 0.244 e. The van der Waals surface area contributed by atoms with Crippen molar-refractivity contribution in [3.05, 3.63) is 59.9 Å². The third kappa shape index (κ3) is 5.37. The maximum absolute atomic E-state index is 13.8. The highest BCUT2D eigenvalue weighted by Gasteiger charge is 2.26. The van der Waals surface area contributed by atoms with Crippen LogP contribution in [0.15, 0.2) is 53.4 Å². The number of hydrogen-bond donors (Lipinski definition) is 1. The van der Waals surface area contributed by atoms with Crippen molar-refractivity contribution in [2.75, 3.05) is 25.0 Å². The van der Waals surface area contributed by atoms with Gasteiger partial charge >= 0.3 is 0 Å². The Bertz CT molecular complexity index is 973. The highest BCUT2D eigenvalue weighted by Crippen LogP contribution is 2.21. The minimum absolute atomic E-state index is 0.352. The number of likely N-dealkylation sites (N-methyl/N-ethyl adjacent to an activating group) is 1. The average Bonchev–Trinajstić information content (AvgIpc) is 2.74. The summed E-state index contributed by atoms with van der Waals surface area (Å²) in [4.78, 5) is 16.0. The van der Waals surface area contributed by atoms with Crippen LogP contribution in [0.2, 0.25) is 0 Å². The Kier molecular flexibility index (Phi) is 7.10. The standard InChI is InChI=1S/C22H28FN3O3S/c1-17(24-30(28,29)21-9-5-4-8-20(21)23)22(27)25(2)16-18-10-12-19(13-11-18)26-14-6-3-7-15-26/h4-5,8-13,17,24H,3,6-7,14-16H2,1-2H3. The number of halogens is 1. The van der Waals surface area contributed by atoms with Crippen molar-refractivity contribution >= 4 is 21.6 Å². The van der Waals surface area contributed by atoms with E-state index in [4.69, 9.17) is 0 Å². The SMILES string of the molecule is CC(NS(=O)(=O)c1ccccc1F)C(=O)N(C)Cc1ccc(N2CCCCC2)cc1. The van der Waals surface area contributed by atoms with Crippen molar-refractivity contribution in [1.29, 1.82) is 0 Å². The monoisotopic (exact) mass is 433 g/mol. The summed E-state index contributed by atoms with van der Waals surface area (Å²) in [6.07, 6.45) is 3.69. The summed E-state index contributed by atoms with van der Waals surface area (Å²) >= 11 is 0. The first-order valence-corrected chi connectivity index (χ1v) is 11.6. The van der Waals surface area contributed by atoms with Crippen molar-refractivity contribution in [2.24, 2.45) is 0 Å². The molecule has 1 N–H and O–H groups in total. The van der Waals surface area contributed by atoms with Gasteiger partial charge in [-0.1, -0.05) is 24.3 Å². The summed E-state index contributed by atoms with van der Waals surface area (Å²) in [5.41, 5.74) is 2.13. The molecular formula is C22H28FN3O3S. The Morgan fingerprint density at radius 3 is 2.37 bits per heavy atom. The van der Waals surface area contributed by atoms with Crippen LogP contribution in [0.5, 0.6) is 0 Å². The zero-order valence-electron chi connectivity index (χ0n) is 17.3. The van der Waals surface area contributed by atoms with Crippen molar-refractivity contribution < 1.29 is 17.6 Å². The molecule has 1 aliphatic rings. The van der Waals surface area contributed by atoms with E-state index < -0.39 is 32.7 Å². The van der Waals surface area contributed by atoms with Gasteiger partial charge in [0.15, 0.2) is 0 Å². The number of hydrogen-bond acceptors (Lipinski definition) is 4. The number of nitrogens with one attached hydrogen (secondary N) is 1. The molecule has 0 radical (unpaired) electrons. The van der Waals surface area contributed by atoms with Crippen LogP contribution in [0.3, 0.4) is 0 Å². The van der Waals surface area contributed by atoms with Crippen LogP contribution in [0.4, 0.5) is 10.1 Å². The normalized spacial score (nSPS) is 15.6. The van der Waals surface area contributed by atoms with Gasteiger partial charge in [0, 0.05) is 32.4 Å². The summed E-state index contributed by atoms with van der Waals surface area (Å²) in [5, 5.41) is 0. The molecule has 2 aromatic carbocycles. The molecule has 0 saturated carbocycles. The van der Waals surface area contributed by atoms with E-state index in [2.05, 4.69) is 21.8 Å². The molecule has 1 unspecified atom stereocenters. The summed E-state index contributed by atoms with van der Waals surface area (Å²) in [5.74, 6) is -1.25. The minimum Gasteiger partial charge on any atom is -0.372 e. The highest BCUT2D eigenvalue weighted by molar-refractivity contribution is 7.89. The topological polar surface area (TPSA) is 69.7 Å². The van der Waals surface area contributed by atoms with Crippen LogP contribution in [0.25, 0.3) is 0 Å². The number of benzene rings is 2. The molecule has 1 amide bonds. The van der Waals surface area contributed by atoms with Crippen LogP contribution in [0, 0.1) is 5.82 Å². The number of nitrogens with zero attached hydrogens (tertiary/aromatic N) is 2. The fraction of sp³-hybridized carbons (Fsp3) is 0.409. The van der Waals surface area contributed by atoms with Crippen molar-refractivity contribution in [2.45, 2.75) is 43.7 Å². The molecule has 1 atom stereocenters. The Hall–Kier alpha value is -2.45. The number of amides is 1. The fourth-order valence-electron chi connectivity index (χ4n) is 3.66. The Morgan fingerprint density at radius 2 is 1.73 bits per heavy atom. The zero-order chi connectivity index (χ0) is 21.7. The van der Waals surface area contributed by atoms with Crippen molar-refractivity contribution in [1.82, 2.24) is 9.62 Å². The van der Waals surface area contributed by atoms with E-state index in [0.717, 1.165) is 24.7 Å². The number of carbonyl (C=O) groups excluding carboxylic acids is 1. The lowest BCUT2D eigenvalue weighted by Crippen LogP contribution is -2.45. The lowest BCUT2D eigenvalue weighted by molar-refractivity contribution is -0.131. The largest absolute Gasteiger partial charge is 0.372 e. The van der Waals surface area contributed by atoms with E-state index in [9.17, 15) is 17.6 Å². The third-order valence-corrected chi connectivity index (χ3v) is 6.86. The second-order valence-electron chi connectivity index (χ2n) is 7.68. The first-order valence-electron chi connectivity index (χ1n) is 10.1. The molecule has 2 aromatic rings. The lowest BCUT2D eigenvalue weighted by Gasteiger charge is -2.29. The average molecular weight is 434 g/mol. The molecule has 0 aromatic heterocycles. The van der Waals surface area contributed by atoms with Gasteiger partial charge in [-0.05, 0) is 56.0 Å². The van der Waals surface area contributed by atoms with E-state index in [1.807, 2.05) is 12.1 Å². The summed E-state index contributed by atoms with van der Waals surface area (Å²) in [7, 11) is -2.52. The summed E-state index contributed by atoms with van der Waals surface area (Å²) in [6.45, 7) is 3.94. The van der Waals surface area contributed by atoms with Gasteiger partial charge < -0.3 is 9.80 Å². The van der Waals surface area contributed by atoms with Crippen molar-refractivity contribution in [3.63, 3.8) is 0 Å². The minimum atomic E-state index is -4.14. The van der Waals surface area contributed by atoms with Crippen molar-refractivity contribution in [3.8, 4) is 0 Å². The third-order valence-electron chi connectivity index (χ3n) is 5.28. The zero-order valence-corrected chi connectivity index (χ0v) is 18.2. The van der Waals surface area contributed by atoms with E-state index in [0.29, 0.717) is 6.54 Å². The smallest absolute Gasteiger partial charge is 0.244 e. The Balaban J connectivity index is 1.60. The Morgan fingerprint density at radius 1 is 1.10 bits per heavy atom. The summed E-state index contributed by atoms with van der Waals surface area (Å²) in [6, 6.07) is 12.2. The predicted octanol–water partition coefficient (Wildman–Crippen LogP) is 3.14. The van der Waals surface area contributed by atoms with Gasteiger partial charge in [0.25, 0.3) is 0 Å². The molecule has 0 spiro atoms. The molecule has 0 bridgehead atoms. The second-order valence-corrected chi connectivity index (χ2v) is 9.36. The molecule has 1 aliphatic heterocycles. The van der Waals surface area contributed by atoms with E-state index >= 15 is 0 Å². The van der Waals surface area contributed by atoms with Gasteiger partial charge in [-0.3, -0.25) is 4.79 Å². The quantitative estimate of drug-likeness (QED) is 0.728. The first-order chi connectivity index (χ1) is 14.3. The van der Waals surface area contributed by atoms with E-state index in [1.54, 1.807) is 7.05 Å². The molecule has 6 nitrogen and oxygen atoms in total. The molecule has 1 saturated heterocycles. The number of rotatable bonds is 7. The predicted molar refractivity (Wildman–Crippen MR) is 115 cm³/mol. The van der Waals surface area contributed by atoms with Gasteiger partial charge in [0.2, 0.25) is 15.9 Å². The molecule has 30 heavy (non-hydrogen) atoms. The van der Waals surface area contributed by atoms with Gasteiger partial charge in [-0.25, -0.2) is 12.8 Å². The van der Waals surface area contributed by atoms with Gasteiger partial charge in [0.1, 0.15) is 10.7 Å². The van der Waals surface area contributed by atoms with E-state index in [-0.39, 0.29) is 0 Å². The van der Waals surface area contributed by atoms with Gasteiger partial charge in [0.05, 0.1) is 6.04 Å². The maximum atomic E-state index is 13.8. The molecule has 1 heterocycles. The van der Waals surface area contributed by atoms with Gasteiger partial charge in [-0.2, -0.15) is 4.72 Å². The molecular weight excluding hydrogens is 405 g/mol. The summed E-state index contributed by atoms with van der Waals surface area (Å²) < 4.78 is 40.9. The van der Waals surface area contributed by atoms with Crippen LogP contribution in [-0.4, -0.2) is 45.4 Å².